The van der Waals surface area contributed by atoms with Crippen molar-refractivity contribution in [1.29, 1.82) is 0 Å². The summed E-state index contributed by atoms with van der Waals surface area (Å²) in [6.45, 7) is 3.40. The molecule has 1 saturated heterocycles. The smallest absolute Gasteiger partial charge is 0.416 e. The minimum atomic E-state index is -4.45. The van der Waals surface area contributed by atoms with Crippen molar-refractivity contribution in [3.05, 3.63) is 29.8 Å². The molecule has 0 aliphatic carbocycles. The molecule has 1 aliphatic heterocycles. The second-order valence-corrected chi connectivity index (χ2v) is 6.10. The van der Waals surface area contributed by atoms with Gasteiger partial charge in [0, 0.05) is 5.69 Å². The van der Waals surface area contributed by atoms with E-state index in [1.807, 2.05) is 0 Å². The minimum Gasteiger partial charge on any atom is -0.466 e. The fourth-order valence-electron chi connectivity index (χ4n) is 2.98. The molecule has 1 unspecified atom stereocenters. The highest BCUT2D eigenvalue weighted by Crippen LogP contribution is 2.30. The Labute approximate surface area is 144 Å². The molecular formula is C17H22F3N2O3+. The van der Waals surface area contributed by atoms with E-state index < -0.39 is 11.7 Å². The van der Waals surface area contributed by atoms with Gasteiger partial charge in [-0.05, 0) is 38.0 Å². The van der Waals surface area contributed by atoms with Crippen LogP contribution < -0.4 is 10.2 Å². The van der Waals surface area contributed by atoms with E-state index in [9.17, 15) is 22.8 Å². The molecule has 0 spiro atoms. The number of carbonyl (C=O) groups excluding carboxylic acids is 2. The number of esters is 1. The first-order valence-corrected chi connectivity index (χ1v) is 8.27. The third-order valence-corrected chi connectivity index (χ3v) is 4.12. The first-order chi connectivity index (χ1) is 11.8. The number of hydrogen-bond donors (Lipinski definition) is 2. The van der Waals surface area contributed by atoms with E-state index in [0.717, 1.165) is 36.4 Å². The molecule has 25 heavy (non-hydrogen) atoms. The van der Waals surface area contributed by atoms with Crippen LogP contribution in [0, 0.1) is 5.92 Å². The molecule has 2 rings (SSSR count). The van der Waals surface area contributed by atoms with Crippen molar-refractivity contribution in [2.75, 3.05) is 31.6 Å². The normalized spacial score (nSPS) is 20.8. The Morgan fingerprint density at radius 2 is 2.12 bits per heavy atom. The lowest BCUT2D eigenvalue weighted by Gasteiger charge is -2.28. The van der Waals surface area contributed by atoms with Crippen molar-refractivity contribution in [1.82, 2.24) is 0 Å². The first-order valence-electron chi connectivity index (χ1n) is 8.27. The zero-order valence-electron chi connectivity index (χ0n) is 14.0. The standard InChI is InChI=1S/C17H21F3N2O3/c1-2-25-16(24)12-5-4-8-22(10-12)11-15(23)21-14-7-3-6-13(9-14)17(18,19)20/h3,6-7,9,12H,2,4-5,8,10-11H2,1H3,(H,21,23)/p+1/t12-/m1/s1. The molecule has 2 atom stereocenters. The number of benzene rings is 1. The number of rotatable bonds is 5. The Balaban J connectivity index is 1.91. The molecule has 1 amide bonds. The molecule has 8 heteroatoms. The average Bonchev–Trinajstić information content (AvgIpc) is 2.54. The average molecular weight is 359 g/mol. The topological polar surface area (TPSA) is 59.8 Å². The first kappa shape index (κ1) is 19.2. The summed E-state index contributed by atoms with van der Waals surface area (Å²) < 4.78 is 43.1. The molecule has 1 aromatic carbocycles. The van der Waals surface area contributed by atoms with Crippen LogP contribution >= 0.6 is 0 Å². The molecule has 1 aliphatic rings. The molecular weight excluding hydrogens is 337 g/mol. The number of nitrogens with one attached hydrogen (secondary N) is 2. The van der Waals surface area contributed by atoms with Crippen LogP contribution in [0.5, 0.6) is 0 Å². The van der Waals surface area contributed by atoms with Gasteiger partial charge < -0.3 is 15.0 Å². The van der Waals surface area contributed by atoms with Crippen LogP contribution in [-0.2, 0) is 20.5 Å². The Morgan fingerprint density at radius 3 is 2.80 bits per heavy atom. The van der Waals surface area contributed by atoms with Gasteiger partial charge in [0.2, 0.25) is 0 Å². The van der Waals surface area contributed by atoms with Gasteiger partial charge >= 0.3 is 12.1 Å². The van der Waals surface area contributed by atoms with Crippen LogP contribution in [-0.4, -0.2) is 38.1 Å². The Kier molecular flexibility index (Phi) is 6.41. The molecule has 0 saturated carbocycles. The van der Waals surface area contributed by atoms with Gasteiger partial charge in [-0.3, -0.25) is 9.59 Å². The highest BCUT2D eigenvalue weighted by atomic mass is 19.4. The van der Waals surface area contributed by atoms with Crippen molar-refractivity contribution in [2.45, 2.75) is 25.9 Å². The van der Waals surface area contributed by atoms with Crippen molar-refractivity contribution < 1.29 is 32.4 Å². The summed E-state index contributed by atoms with van der Waals surface area (Å²) in [7, 11) is 0. The van der Waals surface area contributed by atoms with Gasteiger partial charge in [-0.25, -0.2) is 0 Å². The molecule has 138 valence electrons. The van der Waals surface area contributed by atoms with E-state index >= 15 is 0 Å². The maximum absolute atomic E-state index is 12.7. The number of ether oxygens (including phenoxy) is 1. The van der Waals surface area contributed by atoms with E-state index in [0.29, 0.717) is 13.2 Å². The monoisotopic (exact) mass is 359 g/mol. The van der Waals surface area contributed by atoms with Crippen LogP contribution in [0.25, 0.3) is 0 Å². The van der Waals surface area contributed by atoms with Crippen molar-refractivity contribution in [2.24, 2.45) is 5.92 Å². The fourth-order valence-corrected chi connectivity index (χ4v) is 2.98. The maximum Gasteiger partial charge on any atom is 0.416 e. The summed E-state index contributed by atoms with van der Waals surface area (Å²) in [5.41, 5.74) is -0.698. The zero-order valence-corrected chi connectivity index (χ0v) is 14.0. The SMILES string of the molecule is CCOC(=O)[C@@H]1CCC[NH+](CC(=O)Nc2cccc(C(F)(F)F)c2)C1. The Hall–Kier alpha value is -2.09. The summed E-state index contributed by atoms with van der Waals surface area (Å²) >= 11 is 0. The number of halogens is 3. The van der Waals surface area contributed by atoms with Crippen LogP contribution in [0.4, 0.5) is 18.9 Å². The number of piperidine rings is 1. The lowest BCUT2D eigenvalue weighted by molar-refractivity contribution is -0.899. The van der Waals surface area contributed by atoms with Crippen molar-refractivity contribution in [3.8, 4) is 0 Å². The highest BCUT2D eigenvalue weighted by molar-refractivity contribution is 5.91. The van der Waals surface area contributed by atoms with Gasteiger partial charge in [0.15, 0.2) is 6.54 Å². The van der Waals surface area contributed by atoms with Gasteiger partial charge in [0.05, 0.1) is 25.3 Å². The van der Waals surface area contributed by atoms with Gasteiger partial charge in [-0.15, -0.1) is 0 Å². The number of alkyl halides is 3. The largest absolute Gasteiger partial charge is 0.466 e. The van der Waals surface area contributed by atoms with Gasteiger partial charge in [-0.1, -0.05) is 6.07 Å². The molecule has 1 fully saturated rings. The molecule has 0 aromatic heterocycles. The molecule has 2 N–H and O–H groups in total. The fraction of sp³-hybridized carbons (Fsp3) is 0.529. The number of quaternary nitrogens is 1. The lowest BCUT2D eigenvalue weighted by atomic mass is 9.98. The molecule has 0 radical (unpaired) electrons. The van der Waals surface area contributed by atoms with Gasteiger partial charge in [0.1, 0.15) is 5.92 Å². The second kappa shape index (κ2) is 8.33. The number of anilines is 1. The predicted octanol–water partition coefficient (Wildman–Crippen LogP) is 1.50. The Morgan fingerprint density at radius 1 is 1.36 bits per heavy atom. The highest BCUT2D eigenvalue weighted by Gasteiger charge is 2.32. The van der Waals surface area contributed by atoms with E-state index in [1.54, 1.807) is 6.92 Å². The maximum atomic E-state index is 12.7. The minimum absolute atomic E-state index is 0.103. The molecule has 0 bridgehead atoms. The third-order valence-electron chi connectivity index (χ3n) is 4.12. The van der Waals surface area contributed by atoms with Crippen LogP contribution in [0.2, 0.25) is 0 Å². The summed E-state index contributed by atoms with van der Waals surface area (Å²) in [5.74, 6) is -0.859. The van der Waals surface area contributed by atoms with Gasteiger partial charge in [0.25, 0.3) is 5.91 Å². The number of hydrogen-bond acceptors (Lipinski definition) is 3. The molecule has 5 nitrogen and oxygen atoms in total. The zero-order chi connectivity index (χ0) is 18.4. The van der Waals surface area contributed by atoms with Crippen LogP contribution in [0.1, 0.15) is 25.3 Å². The number of amides is 1. The van der Waals surface area contributed by atoms with Crippen LogP contribution in [0.3, 0.4) is 0 Å². The molecule has 1 aromatic rings. The Bertz CT molecular complexity index is 619. The van der Waals surface area contributed by atoms with Crippen molar-refractivity contribution >= 4 is 17.6 Å². The van der Waals surface area contributed by atoms with E-state index in [-0.39, 0.29) is 30.0 Å². The lowest BCUT2D eigenvalue weighted by Crippen LogP contribution is -3.14. The number of carbonyl (C=O) groups is 2. The number of likely N-dealkylation sites (tertiary alicyclic amines) is 1. The summed E-state index contributed by atoms with van der Waals surface area (Å²) in [4.78, 5) is 24.8. The van der Waals surface area contributed by atoms with E-state index in [1.165, 1.54) is 12.1 Å². The summed E-state index contributed by atoms with van der Waals surface area (Å²) in [6, 6.07) is 4.53. The second-order valence-electron chi connectivity index (χ2n) is 6.10. The van der Waals surface area contributed by atoms with Crippen molar-refractivity contribution in [3.63, 3.8) is 0 Å². The predicted molar refractivity (Wildman–Crippen MR) is 85.0 cm³/mol. The summed E-state index contributed by atoms with van der Waals surface area (Å²) in [5, 5.41) is 2.49. The van der Waals surface area contributed by atoms with Gasteiger partial charge in [-0.2, -0.15) is 13.2 Å². The summed E-state index contributed by atoms with van der Waals surface area (Å²) in [6.07, 6.45) is -2.92. The quantitative estimate of drug-likeness (QED) is 0.784. The third kappa shape index (κ3) is 5.74. The van der Waals surface area contributed by atoms with E-state index in [2.05, 4.69) is 5.32 Å². The van der Waals surface area contributed by atoms with E-state index in [4.69, 9.17) is 4.74 Å². The molecule has 1 heterocycles. The van der Waals surface area contributed by atoms with Crippen LogP contribution in [0.15, 0.2) is 24.3 Å².